The van der Waals surface area contributed by atoms with Gasteiger partial charge in [-0.2, -0.15) is 0 Å². The average molecular weight is 474 g/mol. The first-order chi connectivity index (χ1) is 16.6. The van der Waals surface area contributed by atoms with E-state index in [4.69, 9.17) is 9.47 Å². The van der Waals surface area contributed by atoms with Crippen LogP contribution in [-0.2, 0) is 16.0 Å². The summed E-state index contributed by atoms with van der Waals surface area (Å²) in [5.41, 5.74) is 5.83. The van der Waals surface area contributed by atoms with E-state index in [1.807, 2.05) is 82.3 Å². The van der Waals surface area contributed by atoms with Gasteiger partial charge >= 0.3 is 12.1 Å². The molecule has 6 heteroatoms. The van der Waals surface area contributed by atoms with Gasteiger partial charge < -0.3 is 19.9 Å². The van der Waals surface area contributed by atoms with Crippen molar-refractivity contribution in [3.63, 3.8) is 0 Å². The van der Waals surface area contributed by atoms with Crippen LogP contribution in [0.3, 0.4) is 0 Å². The minimum atomic E-state index is -1.12. The van der Waals surface area contributed by atoms with Gasteiger partial charge in [0.15, 0.2) is 0 Å². The highest BCUT2D eigenvalue weighted by Crippen LogP contribution is 2.44. The second-order valence-corrected chi connectivity index (χ2v) is 9.88. The van der Waals surface area contributed by atoms with E-state index in [2.05, 4.69) is 17.4 Å². The standard InChI is InChI=1S/C29H31NO5/c1-18-15-19(13-14-26(18)35-29(2,3)4)16-25(27(31)32)30-28(33)34-17-24-22-11-7-5-9-20(22)21-10-6-8-12-23(21)24/h5-15,24-25H,16-17H2,1-4H3,(H,30,33)(H,31,32). The number of carboxylic acids is 1. The first-order valence-corrected chi connectivity index (χ1v) is 11.8. The third kappa shape index (κ3) is 5.65. The fourth-order valence-corrected chi connectivity index (χ4v) is 4.50. The van der Waals surface area contributed by atoms with E-state index in [0.29, 0.717) is 0 Å². The molecule has 0 fully saturated rings. The number of carbonyl (C=O) groups is 2. The van der Waals surface area contributed by atoms with Gasteiger partial charge in [-0.05, 0) is 67.1 Å². The SMILES string of the molecule is Cc1cc(CC(NC(=O)OCC2c3ccccc3-c3ccccc32)C(=O)O)ccc1OC(C)(C)C. The van der Waals surface area contributed by atoms with Crippen LogP contribution in [0.4, 0.5) is 4.79 Å². The third-order valence-corrected chi connectivity index (χ3v) is 6.03. The number of aryl methyl sites for hydroxylation is 1. The lowest BCUT2D eigenvalue weighted by molar-refractivity contribution is -0.139. The molecule has 1 unspecified atom stereocenters. The molecule has 4 rings (SSSR count). The minimum absolute atomic E-state index is 0.0885. The van der Waals surface area contributed by atoms with Crippen molar-refractivity contribution in [2.75, 3.05) is 6.61 Å². The summed E-state index contributed by atoms with van der Waals surface area (Å²) in [6.45, 7) is 7.96. The highest BCUT2D eigenvalue weighted by atomic mass is 16.5. The van der Waals surface area contributed by atoms with Crippen molar-refractivity contribution in [3.8, 4) is 16.9 Å². The first-order valence-electron chi connectivity index (χ1n) is 11.8. The van der Waals surface area contributed by atoms with Crippen molar-refractivity contribution in [3.05, 3.63) is 89.0 Å². The molecule has 0 spiro atoms. The molecule has 1 aliphatic carbocycles. The zero-order chi connectivity index (χ0) is 25.2. The van der Waals surface area contributed by atoms with Crippen molar-refractivity contribution in [2.45, 2.75) is 51.7 Å². The number of hydrogen-bond acceptors (Lipinski definition) is 4. The van der Waals surface area contributed by atoms with Crippen molar-refractivity contribution in [1.82, 2.24) is 5.32 Å². The molecular weight excluding hydrogens is 442 g/mol. The van der Waals surface area contributed by atoms with Crippen molar-refractivity contribution in [1.29, 1.82) is 0 Å². The first kappa shape index (κ1) is 24.3. The molecule has 0 radical (unpaired) electrons. The number of carbonyl (C=O) groups excluding carboxylic acids is 1. The number of fused-ring (bicyclic) bond motifs is 3. The monoisotopic (exact) mass is 473 g/mol. The van der Waals surface area contributed by atoms with Gasteiger partial charge in [-0.15, -0.1) is 0 Å². The second kappa shape index (κ2) is 9.82. The molecule has 0 heterocycles. The number of hydrogen-bond donors (Lipinski definition) is 2. The lowest BCUT2D eigenvalue weighted by Crippen LogP contribution is -2.42. The Bertz CT molecular complexity index is 1200. The molecule has 1 atom stereocenters. The molecule has 1 amide bonds. The normalized spacial score (nSPS) is 13.5. The Hall–Kier alpha value is -3.80. The highest BCUT2D eigenvalue weighted by Gasteiger charge is 2.30. The number of amides is 1. The largest absolute Gasteiger partial charge is 0.488 e. The van der Waals surface area contributed by atoms with Gasteiger partial charge in [-0.1, -0.05) is 60.7 Å². The van der Waals surface area contributed by atoms with Crippen LogP contribution < -0.4 is 10.1 Å². The summed E-state index contributed by atoms with van der Waals surface area (Å²) in [6.07, 6.45) is -0.612. The molecule has 0 bridgehead atoms. The van der Waals surface area contributed by atoms with Gasteiger partial charge in [0, 0.05) is 12.3 Å². The van der Waals surface area contributed by atoms with Crippen LogP contribution in [0.5, 0.6) is 5.75 Å². The van der Waals surface area contributed by atoms with Crippen LogP contribution in [-0.4, -0.2) is 35.4 Å². The van der Waals surface area contributed by atoms with Crippen LogP contribution in [0.2, 0.25) is 0 Å². The van der Waals surface area contributed by atoms with E-state index < -0.39 is 18.1 Å². The van der Waals surface area contributed by atoms with Crippen LogP contribution in [0.25, 0.3) is 11.1 Å². The van der Waals surface area contributed by atoms with E-state index in [-0.39, 0.29) is 24.5 Å². The summed E-state index contributed by atoms with van der Waals surface area (Å²) in [7, 11) is 0. The maximum absolute atomic E-state index is 12.6. The summed E-state index contributed by atoms with van der Waals surface area (Å²) in [5.74, 6) is -0.460. The Morgan fingerprint density at radius 3 is 2.11 bits per heavy atom. The summed E-state index contributed by atoms with van der Waals surface area (Å²) < 4.78 is 11.5. The molecular formula is C29H31NO5. The summed E-state index contributed by atoms with van der Waals surface area (Å²) in [5, 5.41) is 12.2. The van der Waals surface area contributed by atoms with E-state index in [1.165, 1.54) is 0 Å². The Balaban J connectivity index is 1.41. The van der Waals surface area contributed by atoms with Gasteiger partial charge in [0.05, 0.1) is 0 Å². The summed E-state index contributed by atoms with van der Waals surface area (Å²) in [6, 6.07) is 20.6. The van der Waals surface area contributed by atoms with Gasteiger partial charge in [0.1, 0.15) is 24.0 Å². The van der Waals surface area contributed by atoms with E-state index in [9.17, 15) is 14.7 Å². The molecule has 0 aromatic heterocycles. The average Bonchev–Trinajstić information content (AvgIpc) is 3.12. The highest BCUT2D eigenvalue weighted by molar-refractivity contribution is 5.81. The molecule has 182 valence electrons. The molecule has 0 saturated heterocycles. The maximum atomic E-state index is 12.6. The number of benzene rings is 3. The summed E-state index contributed by atoms with van der Waals surface area (Å²) in [4.78, 5) is 24.5. The number of carboxylic acid groups (broad SMARTS) is 1. The van der Waals surface area contributed by atoms with Gasteiger partial charge in [0.2, 0.25) is 0 Å². The number of aliphatic carboxylic acids is 1. The molecule has 1 aliphatic rings. The molecule has 3 aromatic carbocycles. The van der Waals surface area contributed by atoms with Crippen molar-refractivity contribution >= 4 is 12.1 Å². The minimum Gasteiger partial charge on any atom is -0.488 e. The number of alkyl carbamates (subject to hydrolysis) is 1. The fraction of sp³-hybridized carbons (Fsp3) is 0.310. The van der Waals surface area contributed by atoms with Gasteiger partial charge in [0.25, 0.3) is 0 Å². The van der Waals surface area contributed by atoms with Crippen LogP contribution in [0.15, 0.2) is 66.7 Å². The molecule has 0 saturated carbocycles. The second-order valence-electron chi connectivity index (χ2n) is 9.88. The Morgan fingerprint density at radius 1 is 0.971 bits per heavy atom. The third-order valence-electron chi connectivity index (χ3n) is 6.03. The Kier molecular flexibility index (Phi) is 6.83. The summed E-state index contributed by atoms with van der Waals surface area (Å²) >= 11 is 0. The lowest BCUT2D eigenvalue weighted by Gasteiger charge is -2.23. The number of ether oxygens (including phenoxy) is 2. The molecule has 2 N–H and O–H groups in total. The predicted molar refractivity (Wildman–Crippen MR) is 135 cm³/mol. The lowest BCUT2D eigenvalue weighted by atomic mass is 9.98. The zero-order valence-electron chi connectivity index (χ0n) is 20.5. The number of rotatable bonds is 7. The fourth-order valence-electron chi connectivity index (χ4n) is 4.50. The van der Waals surface area contributed by atoms with E-state index in [1.54, 1.807) is 0 Å². The predicted octanol–water partition coefficient (Wildman–Crippen LogP) is 5.71. The molecule has 0 aliphatic heterocycles. The van der Waals surface area contributed by atoms with E-state index in [0.717, 1.165) is 39.1 Å². The van der Waals surface area contributed by atoms with E-state index >= 15 is 0 Å². The van der Waals surface area contributed by atoms with Crippen molar-refractivity contribution in [2.24, 2.45) is 0 Å². The van der Waals surface area contributed by atoms with Crippen molar-refractivity contribution < 1.29 is 24.2 Å². The van der Waals surface area contributed by atoms with Crippen LogP contribution >= 0.6 is 0 Å². The zero-order valence-corrected chi connectivity index (χ0v) is 20.5. The van der Waals surface area contributed by atoms with Crippen LogP contribution in [0, 0.1) is 6.92 Å². The maximum Gasteiger partial charge on any atom is 0.407 e. The molecule has 35 heavy (non-hydrogen) atoms. The quantitative estimate of drug-likeness (QED) is 0.459. The van der Waals surface area contributed by atoms with Crippen LogP contribution in [0.1, 0.15) is 48.9 Å². The Morgan fingerprint density at radius 2 is 1.57 bits per heavy atom. The number of nitrogens with one attached hydrogen (secondary N) is 1. The molecule has 3 aromatic rings. The smallest absolute Gasteiger partial charge is 0.407 e. The Labute approximate surface area is 205 Å². The van der Waals surface area contributed by atoms with Gasteiger partial charge in [-0.3, -0.25) is 0 Å². The van der Waals surface area contributed by atoms with Gasteiger partial charge in [-0.25, -0.2) is 9.59 Å². The molecule has 6 nitrogen and oxygen atoms in total. The topological polar surface area (TPSA) is 84.9 Å².